The molecule has 16 heavy (non-hydrogen) atoms. The fraction of sp³-hybridized carbons (Fsp3) is 0.231. The van der Waals surface area contributed by atoms with Crippen LogP contribution in [0.2, 0.25) is 0 Å². The summed E-state index contributed by atoms with van der Waals surface area (Å²) < 4.78 is 0. The molecule has 0 spiro atoms. The molecule has 0 aliphatic heterocycles. The number of rotatable bonds is 3. The summed E-state index contributed by atoms with van der Waals surface area (Å²) in [6.07, 6.45) is 3.28. The fourth-order valence-corrected chi connectivity index (χ4v) is 1.68. The van der Waals surface area contributed by atoms with Gasteiger partial charge in [0.15, 0.2) is 0 Å². The van der Waals surface area contributed by atoms with Crippen molar-refractivity contribution in [1.82, 2.24) is 10.2 Å². The number of hydrogen-bond acceptors (Lipinski definition) is 3. The van der Waals surface area contributed by atoms with E-state index in [-0.39, 0.29) is 0 Å². The molecule has 0 saturated heterocycles. The van der Waals surface area contributed by atoms with Crippen molar-refractivity contribution in [3.05, 3.63) is 59.4 Å². The lowest BCUT2D eigenvalue weighted by atomic mass is 10.0. The van der Waals surface area contributed by atoms with Crippen LogP contribution in [0.5, 0.6) is 0 Å². The summed E-state index contributed by atoms with van der Waals surface area (Å²) in [7, 11) is 0. The van der Waals surface area contributed by atoms with Gasteiger partial charge in [0, 0.05) is 18.2 Å². The van der Waals surface area contributed by atoms with Gasteiger partial charge < -0.3 is 5.11 Å². The lowest BCUT2D eigenvalue weighted by Crippen LogP contribution is -2.02. The molecule has 1 atom stereocenters. The van der Waals surface area contributed by atoms with Gasteiger partial charge in [-0.05, 0) is 18.6 Å². The largest absolute Gasteiger partial charge is 0.388 e. The maximum atomic E-state index is 10.00. The molecule has 0 aliphatic carbocycles. The van der Waals surface area contributed by atoms with Crippen molar-refractivity contribution in [1.29, 1.82) is 0 Å². The highest BCUT2D eigenvalue weighted by Gasteiger charge is 2.08. The number of aryl methyl sites for hydroxylation is 1. The molecule has 1 heterocycles. The van der Waals surface area contributed by atoms with E-state index in [0.29, 0.717) is 6.42 Å². The van der Waals surface area contributed by atoms with Crippen molar-refractivity contribution in [2.24, 2.45) is 0 Å². The van der Waals surface area contributed by atoms with Crippen LogP contribution < -0.4 is 0 Å². The molecule has 3 nitrogen and oxygen atoms in total. The van der Waals surface area contributed by atoms with Gasteiger partial charge in [-0.15, -0.1) is 0 Å². The SMILES string of the molecule is Cc1cccc(CC(O)c2ccnnc2)c1. The van der Waals surface area contributed by atoms with E-state index >= 15 is 0 Å². The first-order valence-electron chi connectivity index (χ1n) is 5.26. The quantitative estimate of drug-likeness (QED) is 0.850. The molecule has 0 saturated carbocycles. The Morgan fingerprint density at radius 3 is 2.81 bits per heavy atom. The van der Waals surface area contributed by atoms with Gasteiger partial charge in [-0.3, -0.25) is 0 Å². The zero-order chi connectivity index (χ0) is 11.4. The second kappa shape index (κ2) is 4.86. The smallest absolute Gasteiger partial charge is 0.0846 e. The topological polar surface area (TPSA) is 46.0 Å². The first kappa shape index (κ1) is 10.8. The second-order valence-electron chi connectivity index (χ2n) is 3.88. The van der Waals surface area contributed by atoms with Crippen LogP contribution in [0.25, 0.3) is 0 Å². The number of hydrogen-bond donors (Lipinski definition) is 1. The third-order valence-electron chi connectivity index (χ3n) is 2.50. The minimum absolute atomic E-state index is 0.516. The normalized spacial score (nSPS) is 12.4. The zero-order valence-corrected chi connectivity index (χ0v) is 9.17. The maximum absolute atomic E-state index is 10.00. The molecule has 0 amide bonds. The molecule has 0 fully saturated rings. The maximum Gasteiger partial charge on any atom is 0.0846 e. The average Bonchev–Trinajstić information content (AvgIpc) is 2.30. The van der Waals surface area contributed by atoms with Crippen LogP contribution in [0, 0.1) is 6.92 Å². The van der Waals surface area contributed by atoms with Gasteiger partial charge in [0.1, 0.15) is 0 Å². The van der Waals surface area contributed by atoms with Gasteiger partial charge in [-0.25, -0.2) is 0 Å². The van der Waals surface area contributed by atoms with Crippen LogP contribution in [-0.4, -0.2) is 15.3 Å². The fourth-order valence-electron chi connectivity index (χ4n) is 1.68. The second-order valence-corrected chi connectivity index (χ2v) is 3.88. The number of benzene rings is 1. The van der Waals surface area contributed by atoms with Gasteiger partial charge in [0.25, 0.3) is 0 Å². The Hall–Kier alpha value is -1.74. The van der Waals surface area contributed by atoms with E-state index in [2.05, 4.69) is 16.3 Å². The summed E-state index contributed by atoms with van der Waals surface area (Å²) in [6.45, 7) is 2.05. The average molecular weight is 214 g/mol. The summed E-state index contributed by atoms with van der Waals surface area (Å²) in [5.41, 5.74) is 3.14. The van der Waals surface area contributed by atoms with Crippen molar-refractivity contribution in [2.45, 2.75) is 19.4 Å². The molecule has 2 rings (SSSR count). The van der Waals surface area contributed by atoms with Crippen molar-refractivity contribution in [3.8, 4) is 0 Å². The first-order chi connectivity index (χ1) is 7.75. The Balaban J connectivity index is 2.11. The molecular formula is C13H14N2O. The summed E-state index contributed by atoms with van der Waals surface area (Å²) in [4.78, 5) is 0. The highest BCUT2D eigenvalue weighted by atomic mass is 16.3. The van der Waals surface area contributed by atoms with E-state index < -0.39 is 6.10 Å². The van der Waals surface area contributed by atoms with Gasteiger partial charge >= 0.3 is 0 Å². The van der Waals surface area contributed by atoms with Crippen LogP contribution in [0.15, 0.2) is 42.7 Å². The van der Waals surface area contributed by atoms with Crippen molar-refractivity contribution in [2.75, 3.05) is 0 Å². The van der Waals surface area contributed by atoms with Crippen molar-refractivity contribution < 1.29 is 5.11 Å². The molecule has 0 bridgehead atoms. The molecule has 1 unspecified atom stereocenters. The molecule has 1 aromatic heterocycles. The molecule has 1 aromatic carbocycles. The molecule has 82 valence electrons. The number of nitrogens with zero attached hydrogens (tertiary/aromatic N) is 2. The predicted molar refractivity (Wildman–Crippen MR) is 61.9 cm³/mol. The predicted octanol–water partition coefficient (Wildman–Crippen LogP) is 2.06. The van der Waals surface area contributed by atoms with Crippen LogP contribution in [-0.2, 0) is 6.42 Å². The summed E-state index contributed by atoms with van der Waals surface area (Å²) in [6, 6.07) is 9.93. The standard InChI is InChI=1S/C13H14N2O/c1-10-3-2-4-11(7-10)8-13(16)12-5-6-14-15-9-12/h2-7,9,13,16H,8H2,1H3. The van der Waals surface area contributed by atoms with Gasteiger partial charge in [-0.1, -0.05) is 29.8 Å². The minimum Gasteiger partial charge on any atom is -0.388 e. The van der Waals surface area contributed by atoms with Crippen LogP contribution in [0.1, 0.15) is 22.8 Å². The summed E-state index contributed by atoms with van der Waals surface area (Å²) >= 11 is 0. The van der Waals surface area contributed by atoms with Crippen LogP contribution in [0.3, 0.4) is 0 Å². The molecular weight excluding hydrogens is 200 g/mol. The van der Waals surface area contributed by atoms with Crippen LogP contribution >= 0.6 is 0 Å². The van der Waals surface area contributed by atoms with Gasteiger partial charge in [-0.2, -0.15) is 10.2 Å². The highest BCUT2D eigenvalue weighted by Crippen LogP contribution is 2.17. The third-order valence-corrected chi connectivity index (χ3v) is 2.50. The summed E-state index contributed by atoms with van der Waals surface area (Å²) in [5.74, 6) is 0. The minimum atomic E-state index is -0.516. The first-order valence-corrected chi connectivity index (χ1v) is 5.26. The molecule has 0 radical (unpaired) electrons. The molecule has 1 N–H and O–H groups in total. The lowest BCUT2D eigenvalue weighted by Gasteiger charge is -2.10. The zero-order valence-electron chi connectivity index (χ0n) is 9.17. The van der Waals surface area contributed by atoms with Gasteiger partial charge in [0.2, 0.25) is 0 Å². The number of aliphatic hydroxyl groups excluding tert-OH is 1. The van der Waals surface area contributed by atoms with Crippen molar-refractivity contribution in [3.63, 3.8) is 0 Å². The highest BCUT2D eigenvalue weighted by molar-refractivity contribution is 5.24. The van der Waals surface area contributed by atoms with E-state index in [9.17, 15) is 5.11 Å². The molecule has 3 heteroatoms. The van der Waals surface area contributed by atoms with Crippen molar-refractivity contribution >= 4 is 0 Å². The van der Waals surface area contributed by atoms with E-state index in [4.69, 9.17) is 0 Å². The number of aliphatic hydroxyl groups is 1. The van der Waals surface area contributed by atoms with Gasteiger partial charge in [0.05, 0.1) is 12.3 Å². The van der Waals surface area contributed by atoms with E-state index in [1.54, 1.807) is 18.5 Å². The summed E-state index contributed by atoms with van der Waals surface area (Å²) in [5, 5.41) is 17.4. The Labute approximate surface area is 94.8 Å². The Bertz CT molecular complexity index is 456. The molecule has 0 aliphatic rings. The van der Waals surface area contributed by atoms with E-state index in [0.717, 1.165) is 11.1 Å². The Kier molecular flexibility index (Phi) is 3.27. The lowest BCUT2D eigenvalue weighted by molar-refractivity contribution is 0.178. The monoisotopic (exact) mass is 214 g/mol. The molecule has 2 aromatic rings. The van der Waals surface area contributed by atoms with E-state index in [1.165, 1.54) is 5.56 Å². The Morgan fingerprint density at radius 1 is 1.25 bits per heavy atom. The number of aromatic nitrogens is 2. The Morgan fingerprint density at radius 2 is 2.12 bits per heavy atom. The van der Waals surface area contributed by atoms with E-state index in [1.807, 2.05) is 25.1 Å². The van der Waals surface area contributed by atoms with Crippen LogP contribution in [0.4, 0.5) is 0 Å². The third kappa shape index (κ3) is 2.64.